The van der Waals surface area contributed by atoms with Crippen LogP contribution in [0.2, 0.25) is 0 Å². The summed E-state index contributed by atoms with van der Waals surface area (Å²) in [5, 5.41) is 0. The van der Waals surface area contributed by atoms with Gasteiger partial charge in [0.15, 0.2) is 12.0 Å². The second kappa shape index (κ2) is 5.63. The molecule has 0 atom stereocenters. The number of hydrogen-bond donors (Lipinski definition) is 0. The Morgan fingerprint density at radius 2 is 2.13 bits per heavy atom. The Labute approximate surface area is 108 Å². The summed E-state index contributed by atoms with van der Waals surface area (Å²) in [5.41, 5.74) is 0.273. The van der Waals surface area contributed by atoms with Crippen molar-refractivity contribution < 1.29 is 14.3 Å². The largest absolute Gasteiger partial charge is 0.424 e. The smallest absolute Gasteiger partial charge is 0.326 e. The molecule has 0 saturated carbocycles. The van der Waals surface area contributed by atoms with Crippen LogP contribution in [0.15, 0.2) is 21.1 Å². The molecule has 0 aliphatic carbocycles. The number of aldehydes is 1. The summed E-state index contributed by atoms with van der Waals surface area (Å²) >= 11 is 11.7. The van der Waals surface area contributed by atoms with E-state index in [1.165, 1.54) is 0 Å². The second-order valence-electron chi connectivity index (χ2n) is 2.53. The van der Waals surface area contributed by atoms with E-state index in [4.69, 9.17) is 16.3 Å². The third kappa shape index (κ3) is 3.29. The molecule has 0 heterocycles. The number of carbonyl (C=O) groups excluding carboxylic acids is 2. The van der Waals surface area contributed by atoms with Crippen molar-refractivity contribution in [3.63, 3.8) is 0 Å². The molecular weight excluding hydrogens is 351 g/mol. The van der Waals surface area contributed by atoms with Gasteiger partial charge in [0.05, 0.1) is 10.0 Å². The molecule has 1 aromatic carbocycles. The maximum Gasteiger partial charge on any atom is 0.326 e. The standard InChI is InChI=1S/C9H5Br2ClO3/c10-6-1-5(4-13)9(7(11)2-6)15-8(14)3-12/h1-2,4H,3H2. The maximum atomic E-state index is 11.0. The lowest BCUT2D eigenvalue weighted by Crippen LogP contribution is -2.10. The molecule has 0 amide bonds. The van der Waals surface area contributed by atoms with Gasteiger partial charge in [0, 0.05) is 4.47 Å². The van der Waals surface area contributed by atoms with Gasteiger partial charge >= 0.3 is 5.97 Å². The van der Waals surface area contributed by atoms with E-state index in [1.807, 2.05) is 0 Å². The van der Waals surface area contributed by atoms with Crippen LogP contribution < -0.4 is 4.74 Å². The number of benzene rings is 1. The minimum Gasteiger partial charge on any atom is -0.424 e. The fourth-order valence-corrected chi connectivity index (χ4v) is 2.31. The second-order valence-corrected chi connectivity index (χ2v) is 4.57. The molecule has 6 heteroatoms. The van der Waals surface area contributed by atoms with Crippen molar-refractivity contribution in [2.24, 2.45) is 0 Å². The van der Waals surface area contributed by atoms with E-state index in [0.717, 1.165) is 0 Å². The van der Waals surface area contributed by atoms with Crippen molar-refractivity contribution in [1.82, 2.24) is 0 Å². The number of halogens is 3. The highest BCUT2D eigenvalue weighted by molar-refractivity contribution is 9.11. The molecule has 3 nitrogen and oxygen atoms in total. The quantitative estimate of drug-likeness (QED) is 0.362. The van der Waals surface area contributed by atoms with E-state index in [0.29, 0.717) is 15.2 Å². The molecule has 0 aliphatic rings. The van der Waals surface area contributed by atoms with Crippen LogP contribution in [0, 0.1) is 0 Å². The van der Waals surface area contributed by atoms with Gasteiger partial charge in [-0.25, -0.2) is 0 Å². The number of alkyl halides is 1. The Hall–Kier alpha value is -0.390. The zero-order valence-electron chi connectivity index (χ0n) is 7.30. The highest BCUT2D eigenvalue weighted by atomic mass is 79.9. The summed E-state index contributed by atoms with van der Waals surface area (Å²) in [4.78, 5) is 21.7. The van der Waals surface area contributed by atoms with Gasteiger partial charge in [-0.1, -0.05) is 15.9 Å². The Bertz CT molecular complexity index is 407. The predicted octanol–water partition coefficient (Wildman–Crippen LogP) is 3.17. The van der Waals surface area contributed by atoms with Crippen molar-refractivity contribution in [3.8, 4) is 5.75 Å². The fourth-order valence-electron chi connectivity index (χ4n) is 0.917. The Balaban J connectivity index is 3.15. The SMILES string of the molecule is O=Cc1cc(Br)cc(Br)c1OC(=O)CCl. The highest BCUT2D eigenvalue weighted by Crippen LogP contribution is 2.32. The maximum absolute atomic E-state index is 11.0. The molecule has 0 unspecified atom stereocenters. The zero-order valence-corrected chi connectivity index (χ0v) is 11.2. The average molecular weight is 356 g/mol. The van der Waals surface area contributed by atoms with E-state index in [2.05, 4.69) is 31.9 Å². The number of hydrogen-bond acceptors (Lipinski definition) is 3. The normalized spacial score (nSPS) is 9.80. The van der Waals surface area contributed by atoms with E-state index < -0.39 is 5.97 Å². The van der Waals surface area contributed by atoms with Crippen LogP contribution in [0.1, 0.15) is 10.4 Å². The Morgan fingerprint density at radius 1 is 1.47 bits per heavy atom. The zero-order chi connectivity index (χ0) is 11.4. The van der Waals surface area contributed by atoms with Crippen molar-refractivity contribution in [2.75, 3.05) is 5.88 Å². The molecule has 15 heavy (non-hydrogen) atoms. The first-order chi connectivity index (χ1) is 7.08. The molecule has 80 valence electrons. The molecular formula is C9H5Br2ClO3. The van der Waals surface area contributed by atoms with Crippen molar-refractivity contribution in [2.45, 2.75) is 0 Å². The highest BCUT2D eigenvalue weighted by Gasteiger charge is 2.13. The lowest BCUT2D eigenvalue weighted by Gasteiger charge is -2.07. The molecule has 1 rings (SSSR count). The third-order valence-corrected chi connectivity index (χ3v) is 2.75. The minimum atomic E-state index is -0.609. The van der Waals surface area contributed by atoms with E-state index in [9.17, 15) is 9.59 Å². The van der Waals surface area contributed by atoms with Gasteiger partial charge in [-0.05, 0) is 28.1 Å². The van der Waals surface area contributed by atoms with Crippen LogP contribution in [-0.4, -0.2) is 18.1 Å². The van der Waals surface area contributed by atoms with Crippen LogP contribution in [0.3, 0.4) is 0 Å². The molecule has 0 aliphatic heterocycles. The number of rotatable bonds is 3. The average Bonchev–Trinajstić information content (AvgIpc) is 2.21. The van der Waals surface area contributed by atoms with Crippen molar-refractivity contribution in [3.05, 3.63) is 26.6 Å². The monoisotopic (exact) mass is 354 g/mol. The molecule has 0 fully saturated rings. The van der Waals surface area contributed by atoms with Gasteiger partial charge in [-0.15, -0.1) is 11.6 Å². The van der Waals surface area contributed by atoms with Gasteiger partial charge in [0.2, 0.25) is 0 Å². The molecule has 0 N–H and O–H groups in total. The summed E-state index contributed by atoms with van der Waals surface area (Å²) in [5.74, 6) is -0.692. The van der Waals surface area contributed by atoms with Crippen LogP contribution in [0.25, 0.3) is 0 Å². The number of carbonyl (C=O) groups is 2. The van der Waals surface area contributed by atoms with E-state index in [1.54, 1.807) is 12.1 Å². The first kappa shape index (κ1) is 12.7. The molecule has 0 radical (unpaired) electrons. The van der Waals surface area contributed by atoms with E-state index >= 15 is 0 Å². The minimum absolute atomic E-state index is 0.179. The van der Waals surface area contributed by atoms with Gasteiger partial charge < -0.3 is 4.74 Å². The fraction of sp³-hybridized carbons (Fsp3) is 0.111. The van der Waals surface area contributed by atoms with Crippen molar-refractivity contribution >= 4 is 55.7 Å². The first-order valence-electron chi connectivity index (χ1n) is 3.79. The molecule has 0 aromatic heterocycles. The van der Waals surface area contributed by atoms with Crippen LogP contribution in [0.4, 0.5) is 0 Å². The molecule has 0 bridgehead atoms. The van der Waals surface area contributed by atoms with Crippen LogP contribution in [-0.2, 0) is 4.79 Å². The van der Waals surface area contributed by atoms with Crippen molar-refractivity contribution in [1.29, 1.82) is 0 Å². The van der Waals surface area contributed by atoms with Gasteiger partial charge in [0.1, 0.15) is 5.88 Å². The molecule has 1 aromatic rings. The summed E-state index contributed by atoms with van der Waals surface area (Å²) in [6.07, 6.45) is 0.604. The van der Waals surface area contributed by atoms with E-state index in [-0.39, 0.29) is 17.2 Å². The Morgan fingerprint density at radius 3 is 2.67 bits per heavy atom. The Kier molecular flexibility index (Phi) is 4.76. The number of esters is 1. The summed E-state index contributed by atoms with van der Waals surface area (Å²) in [6, 6.07) is 3.22. The lowest BCUT2D eigenvalue weighted by atomic mass is 10.2. The topological polar surface area (TPSA) is 43.4 Å². The summed E-state index contributed by atoms with van der Waals surface area (Å²) in [6.45, 7) is 0. The summed E-state index contributed by atoms with van der Waals surface area (Å²) in [7, 11) is 0. The lowest BCUT2D eigenvalue weighted by molar-refractivity contribution is -0.131. The summed E-state index contributed by atoms with van der Waals surface area (Å²) < 4.78 is 6.12. The number of ether oxygens (including phenoxy) is 1. The first-order valence-corrected chi connectivity index (χ1v) is 5.91. The van der Waals surface area contributed by atoms with Crippen LogP contribution >= 0.6 is 43.5 Å². The van der Waals surface area contributed by atoms with Gasteiger partial charge in [-0.2, -0.15) is 0 Å². The van der Waals surface area contributed by atoms with Gasteiger partial charge in [0.25, 0.3) is 0 Å². The molecule has 0 saturated heterocycles. The predicted molar refractivity (Wildman–Crippen MR) is 63.6 cm³/mol. The molecule has 0 spiro atoms. The van der Waals surface area contributed by atoms with Gasteiger partial charge in [-0.3, -0.25) is 9.59 Å². The van der Waals surface area contributed by atoms with Crippen LogP contribution in [0.5, 0.6) is 5.75 Å². The third-order valence-electron chi connectivity index (χ3n) is 1.49.